The average molecular weight is 249 g/mol. The van der Waals surface area contributed by atoms with E-state index < -0.39 is 0 Å². The molecule has 0 aromatic heterocycles. The van der Waals surface area contributed by atoms with Gasteiger partial charge in [0.05, 0.1) is 7.11 Å². The van der Waals surface area contributed by atoms with E-state index in [1.165, 1.54) is 26.0 Å². The Labute approximate surface area is 107 Å². The summed E-state index contributed by atoms with van der Waals surface area (Å²) in [4.78, 5) is 14.2. The third-order valence-electron chi connectivity index (χ3n) is 3.32. The highest BCUT2D eigenvalue weighted by Gasteiger charge is 2.18. The first kappa shape index (κ1) is 12.7. The van der Waals surface area contributed by atoms with Crippen LogP contribution in [0.4, 0.5) is 0 Å². The lowest BCUT2D eigenvalue weighted by molar-refractivity contribution is 0.0761. The molecule has 1 saturated heterocycles. The first-order valence-electron chi connectivity index (χ1n) is 6.38. The Morgan fingerprint density at radius 3 is 2.50 bits per heavy atom. The first-order chi connectivity index (χ1) is 8.72. The zero-order chi connectivity index (χ0) is 13.0. The van der Waals surface area contributed by atoms with Crippen LogP contribution in [0.3, 0.4) is 0 Å². The fourth-order valence-electron chi connectivity index (χ4n) is 2.27. The molecule has 18 heavy (non-hydrogen) atoms. The lowest BCUT2D eigenvalue weighted by Gasteiger charge is -2.20. The number of nitrogens with zero attached hydrogens (tertiary/aromatic N) is 1. The molecule has 1 amide bonds. The Kier molecular flexibility index (Phi) is 4.07. The molecule has 0 bridgehead atoms. The van der Waals surface area contributed by atoms with Crippen molar-refractivity contribution in [3.63, 3.8) is 0 Å². The molecule has 2 rings (SSSR count). The van der Waals surface area contributed by atoms with Crippen LogP contribution in [0.5, 0.6) is 11.5 Å². The van der Waals surface area contributed by atoms with Crippen LogP contribution in [0.15, 0.2) is 18.2 Å². The molecule has 1 heterocycles. The summed E-state index contributed by atoms with van der Waals surface area (Å²) in [6.45, 7) is 1.64. The van der Waals surface area contributed by atoms with Gasteiger partial charge in [-0.05, 0) is 31.0 Å². The minimum atomic E-state index is 0.0233. The molecule has 1 aromatic carbocycles. The maximum absolute atomic E-state index is 12.3. The summed E-state index contributed by atoms with van der Waals surface area (Å²) < 4.78 is 5.03. The van der Waals surface area contributed by atoms with Crippen LogP contribution >= 0.6 is 0 Å². The van der Waals surface area contributed by atoms with Crippen molar-refractivity contribution in [1.82, 2.24) is 4.90 Å². The Hall–Kier alpha value is -1.71. The number of rotatable bonds is 2. The summed E-state index contributed by atoms with van der Waals surface area (Å²) in [6.07, 6.45) is 4.53. The number of benzene rings is 1. The quantitative estimate of drug-likeness (QED) is 0.875. The number of amides is 1. The Bertz CT molecular complexity index is 423. The normalized spacial score (nSPS) is 16.2. The number of likely N-dealkylation sites (tertiary alicyclic amines) is 1. The fourth-order valence-corrected chi connectivity index (χ4v) is 2.27. The van der Waals surface area contributed by atoms with E-state index in [0.29, 0.717) is 11.3 Å². The van der Waals surface area contributed by atoms with Crippen LogP contribution in [-0.2, 0) is 0 Å². The fraction of sp³-hybridized carbons (Fsp3) is 0.500. The van der Waals surface area contributed by atoms with Gasteiger partial charge in [0.2, 0.25) is 0 Å². The van der Waals surface area contributed by atoms with E-state index in [4.69, 9.17) is 4.74 Å². The summed E-state index contributed by atoms with van der Waals surface area (Å²) in [7, 11) is 1.48. The lowest BCUT2D eigenvalue weighted by Crippen LogP contribution is -2.31. The molecule has 0 unspecified atom stereocenters. The van der Waals surface area contributed by atoms with Crippen LogP contribution in [0.1, 0.15) is 36.0 Å². The predicted molar refractivity (Wildman–Crippen MR) is 69.0 cm³/mol. The maximum atomic E-state index is 12.3. The van der Waals surface area contributed by atoms with Crippen molar-refractivity contribution >= 4 is 5.91 Å². The molecule has 1 fully saturated rings. The monoisotopic (exact) mass is 249 g/mol. The van der Waals surface area contributed by atoms with E-state index in [1.54, 1.807) is 12.1 Å². The zero-order valence-electron chi connectivity index (χ0n) is 10.7. The molecule has 0 spiro atoms. The summed E-state index contributed by atoms with van der Waals surface area (Å²) in [6, 6.07) is 4.75. The smallest absolute Gasteiger partial charge is 0.253 e. The largest absolute Gasteiger partial charge is 0.504 e. The second-order valence-electron chi connectivity index (χ2n) is 4.59. The number of carbonyl (C=O) groups excluding carboxylic acids is 1. The highest BCUT2D eigenvalue weighted by molar-refractivity contribution is 5.94. The van der Waals surface area contributed by atoms with E-state index >= 15 is 0 Å². The number of hydrogen-bond donors (Lipinski definition) is 1. The van der Waals surface area contributed by atoms with Crippen molar-refractivity contribution < 1.29 is 14.6 Å². The Morgan fingerprint density at radius 2 is 1.89 bits per heavy atom. The maximum Gasteiger partial charge on any atom is 0.253 e. The second-order valence-corrected chi connectivity index (χ2v) is 4.59. The number of phenols is 1. The molecule has 4 nitrogen and oxygen atoms in total. The van der Waals surface area contributed by atoms with Crippen molar-refractivity contribution in [3.8, 4) is 11.5 Å². The Balaban J connectivity index is 2.16. The number of aromatic hydroxyl groups is 1. The second kappa shape index (κ2) is 5.76. The highest BCUT2D eigenvalue weighted by Crippen LogP contribution is 2.27. The third kappa shape index (κ3) is 2.75. The van der Waals surface area contributed by atoms with Crippen molar-refractivity contribution in [2.75, 3.05) is 20.2 Å². The SMILES string of the molecule is COc1cc(C(=O)N2CCCCCC2)ccc1O. The van der Waals surface area contributed by atoms with Gasteiger partial charge in [-0.15, -0.1) is 0 Å². The average Bonchev–Trinajstić information content (AvgIpc) is 2.67. The number of phenolic OH excluding ortho intramolecular Hbond substituents is 1. The standard InChI is InChI=1S/C14H19NO3/c1-18-13-10-11(6-7-12(13)16)14(17)15-8-4-2-3-5-9-15/h6-7,10,16H,2-5,8-9H2,1H3. The van der Waals surface area contributed by atoms with Gasteiger partial charge in [0.25, 0.3) is 5.91 Å². The molecule has 0 saturated carbocycles. The minimum Gasteiger partial charge on any atom is -0.504 e. The highest BCUT2D eigenvalue weighted by atomic mass is 16.5. The molecular weight excluding hydrogens is 230 g/mol. The van der Waals surface area contributed by atoms with Crippen LogP contribution in [0.2, 0.25) is 0 Å². The Morgan fingerprint density at radius 1 is 1.22 bits per heavy atom. The van der Waals surface area contributed by atoms with Crippen molar-refractivity contribution in [1.29, 1.82) is 0 Å². The zero-order valence-corrected chi connectivity index (χ0v) is 10.7. The molecule has 0 radical (unpaired) electrons. The van der Waals surface area contributed by atoms with Gasteiger partial charge in [0, 0.05) is 18.7 Å². The van der Waals surface area contributed by atoms with Gasteiger partial charge in [-0.2, -0.15) is 0 Å². The number of ether oxygens (including phenoxy) is 1. The molecule has 0 aliphatic carbocycles. The van der Waals surface area contributed by atoms with E-state index in [1.807, 2.05) is 4.90 Å². The van der Waals surface area contributed by atoms with Gasteiger partial charge in [-0.3, -0.25) is 4.79 Å². The number of methoxy groups -OCH3 is 1. The predicted octanol–water partition coefficient (Wildman–Crippen LogP) is 2.42. The summed E-state index contributed by atoms with van der Waals surface area (Å²) in [5.74, 6) is 0.427. The van der Waals surface area contributed by atoms with Gasteiger partial charge in [0.1, 0.15) is 0 Å². The molecule has 1 aliphatic rings. The van der Waals surface area contributed by atoms with Crippen LogP contribution in [0, 0.1) is 0 Å². The molecule has 0 atom stereocenters. The van der Waals surface area contributed by atoms with Gasteiger partial charge in [0.15, 0.2) is 11.5 Å². The summed E-state index contributed by atoms with van der Waals surface area (Å²) in [5, 5.41) is 9.52. The topological polar surface area (TPSA) is 49.8 Å². The van der Waals surface area contributed by atoms with Gasteiger partial charge in [-0.25, -0.2) is 0 Å². The molecule has 98 valence electrons. The number of hydrogen-bond acceptors (Lipinski definition) is 3. The van der Waals surface area contributed by atoms with E-state index in [0.717, 1.165) is 25.9 Å². The van der Waals surface area contributed by atoms with E-state index in [2.05, 4.69) is 0 Å². The minimum absolute atomic E-state index is 0.0233. The third-order valence-corrected chi connectivity index (χ3v) is 3.32. The molecule has 1 N–H and O–H groups in total. The van der Waals surface area contributed by atoms with Crippen LogP contribution in [-0.4, -0.2) is 36.1 Å². The van der Waals surface area contributed by atoms with E-state index in [-0.39, 0.29) is 11.7 Å². The van der Waals surface area contributed by atoms with E-state index in [9.17, 15) is 9.90 Å². The van der Waals surface area contributed by atoms with Gasteiger partial charge < -0.3 is 14.7 Å². The first-order valence-corrected chi connectivity index (χ1v) is 6.38. The van der Waals surface area contributed by atoms with Crippen LogP contribution in [0.25, 0.3) is 0 Å². The van der Waals surface area contributed by atoms with Crippen molar-refractivity contribution in [3.05, 3.63) is 23.8 Å². The van der Waals surface area contributed by atoms with Crippen molar-refractivity contribution in [2.24, 2.45) is 0 Å². The number of carbonyl (C=O) groups is 1. The molecule has 1 aromatic rings. The van der Waals surface area contributed by atoms with Crippen molar-refractivity contribution in [2.45, 2.75) is 25.7 Å². The molecule has 1 aliphatic heterocycles. The van der Waals surface area contributed by atoms with Gasteiger partial charge in [-0.1, -0.05) is 12.8 Å². The summed E-state index contributed by atoms with van der Waals surface area (Å²) >= 11 is 0. The molecular formula is C14H19NO3. The molecule has 4 heteroatoms. The van der Waals surface area contributed by atoms with Crippen LogP contribution < -0.4 is 4.74 Å². The lowest BCUT2D eigenvalue weighted by atomic mass is 10.1. The summed E-state index contributed by atoms with van der Waals surface area (Å²) in [5.41, 5.74) is 0.576. The van der Waals surface area contributed by atoms with Gasteiger partial charge >= 0.3 is 0 Å².